The van der Waals surface area contributed by atoms with Gasteiger partial charge in [-0.05, 0) is 72.0 Å². The third-order valence-electron chi connectivity index (χ3n) is 7.51. The number of piperidine rings is 1. The number of allylic oxidation sites excluding steroid dienone is 1. The van der Waals surface area contributed by atoms with Gasteiger partial charge in [-0.25, -0.2) is 9.37 Å². The molecule has 2 aromatic carbocycles. The van der Waals surface area contributed by atoms with Crippen LogP contribution in [0, 0.1) is 11.8 Å². The van der Waals surface area contributed by atoms with Gasteiger partial charge in [-0.15, -0.1) is 0 Å². The number of hydrogen-bond donors (Lipinski definition) is 1. The van der Waals surface area contributed by atoms with Crippen molar-refractivity contribution in [1.29, 1.82) is 0 Å². The SMILES string of the molecule is CN(C)C(=O)C=CCN1CCCC(Oc2ccc(/C(=C(/CC(F)(F)F)c3ccc(F)cc3)c3ccc4n[nH]c(F)c4c3)cn2)C1. The number of likely N-dealkylation sites (tertiary alicyclic amines) is 1. The molecule has 0 spiro atoms. The Morgan fingerprint density at radius 3 is 2.49 bits per heavy atom. The fraction of sp³-hybridized carbons (Fsp3) is 0.303. The second-order valence-corrected chi connectivity index (χ2v) is 11.1. The Morgan fingerprint density at radius 1 is 1.07 bits per heavy atom. The van der Waals surface area contributed by atoms with Crippen LogP contribution in [0.1, 0.15) is 36.0 Å². The monoisotopic (exact) mass is 625 g/mol. The minimum Gasteiger partial charge on any atom is -0.473 e. The van der Waals surface area contributed by atoms with Crippen LogP contribution in [0.25, 0.3) is 22.0 Å². The Kier molecular flexibility index (Phi) is 9.62. The minimum absolute atomic E-state index is 0.0924. The van der Waals surface area contributed by atoms with Crippen molar-refractivity contribution in [2.75, 3.05) is 33.7 Å². The average molecular weight is 626 g/mol. The Labute approximate surface area is 257 Å². The van der Waals surface area contributed by atoms with Gasteiger partial charge in [0.25, 0.3) is 0 Å². The number of hydrogen-bond acceptors (Lipinski definition) is 5. The number of halogens is 5. The maximum atomic E-state index is 14.5. The molecule has 1 N–H and O–H groups in total. The number of carbonyl (C=O) groups is 1. The van der Waals surface area contributed by atoms with Crippen LogP contribution >= 0.6 is 0 Å². The van der Waals surface area contributed by atoms with Gasteiger partial charge in [-0.1, -0.05) is 24.3 Å². The number of fused-ring (bicyclic) bond motifs is 1. The number of aromatic nitrogens is 3. The lowest BCUT2D eigenvalue weighted by Crippen LogP contribution is -2.41. The molecule has 0 saturated carbocycles. The largest absolute Gasteiger partial charge is 0.473 e. The molecule has 1 aliphatic heterocycles. The van der Waals surface area contributed by atoms with Gasteiger partial charge < -0.3 is 9.64 Å². The van der Waals surface area contributed by atoms with Gasteiger partial charge in [-0.3, -0.25) is 14.8 Å². The fourth-order valence-corrected chi connectivity index (χ4v) is 5.33. The molecule has 4 aromatic rings. The summed E-state index contributed by atoms with van der Waals surface area (Å²) in [6.07, 6.45) is 0.375. The summed E-state index contributed by atoms with van der Waals surface area (Å²) in [5, 5.41) is 6.24. The van der Waals surface area contributed by atoms with E-state index in [1.807, 2.05) is 6.08 Å². The maximum absolute atomic E-state index is 14.5. The van der Waals surface area contributed by atoms with E-state index in [9.17, 15) is 26.7 Å². The second-order valence-electron chi connectivity index (χ2n) is 11.1. The van der Waals surface area contributed by atoms with E-state index in [2.05, 4.69) is 20.1 Å². The number of carbonyl (C=O) groups excluding carboxylic acids is 1. The van der Waals surface area contributed by atoms with Crippen molar-refractivity contribution in [2.45, 2.75) is 31.5 Å². The summed E-state index contributed by atoms with van der Waals surface area (Å²) in [5.74, 6) is -1.09. The zero-order valence-electron chi connectivity index (χ0n) is 24.7. The van der Waals surface area contributed by atoms with Gasteiger partial charge in [-0.2, -0.15) is 22.7 Å². The molecule has 1 aliphatic rings. The lowest BCUT2D eigenvalue weighted by Gasteiger charge is -2.31. The van der Waals surface area contributed by atoms with Crippen LogP contribution in [0.15, 0.2) is 72.9 Å². The van der Waals surface area contributed by atoms with Crippen molar-refractivity contribution in [3.63, 3.8) is 0 Å². The lowest BCUT2D eigenvalue weighted by atomic mass is 9.88. The Hall–Kier alpha value is -4.58. The number of benzene rings is 2. The van der Waals surface area contributed by atoms with Crippen LogP contribution < -0.4 is 4.74 Å². The molecule has 5 rings (SSSR count). The number of alkyl halides is 3. The van der Waals surface area contributed by atoms with Crippen LogP contribution in [0.4, 0.5) is 22.0 Å². The molecule has 0 bridgehead atoms. The van der Waals surface area contributed by atoms with E-state index in [0.29, 0.717) is 35.6 Å². The van der Waals surface area contributed by atoms with Crippen molar-refractivity contribution in [3.8, 4) is 5.88 Å². The summed E-state index contributed by atoms with van der Waals surface area (Å²) in [6, 6.07) is 12.5. The molecule has 236 valence electrons. The van der Waals surface area contributed by atoms with E-state index in [1.165, 1.54) is 41.4 Å². The summed E-state index contributed by atoms with van der Waals surface area (Å²) in [7, 11) is 3.37. The molecule has 12 heteroatoms. The van der Waals surface area contributed by atoms with Gasteiger partial charge in [0.1, 0.15) is 11.9 Å². The van der Waals surface area contributed by atoms with E-state index in [0.717, 1.165) is 31.5 Å². The number of nitrogens with one attached hydrogen (secondary N) is 1. The van der Waals surface area contributed by atoms with E-state index >= 15 is 0 Å². The Morgan fingerprint density at radius 2 is 1.80 bits per heavy atom. The van der Waals surface area contributed by atoms with Crippen molar-refractivity contribution < 1.29 is 31.5 Å². The van der Waals surface area contributed by atoms with Crippen molar-refractivity contribution in [1.82, 2.24) is 25.0 Å². The number of aromatic amines is 1. The molecule has 2 aromatic heterocycles. The van der Waals surface area contributed by atoms with Gasteiger partial charge in [0, 0.05) is 51.1 Å². The normalized spacial score (nSPS) is 16.6. The first-order valence-corrected chi connectivity index (χ1v) is 14.4. The van der Waals surface area contributed by atoms with Gasteiger partial charge in [0.15, 0.2) is 0 Å². The summed E-state index contributed by atoms with van der Waals surface area (Å²) in [6.45, 7) is 2.06. The van der Waals surface area contributed by atoms with Crippen LogP contribution in [0.3, 0.4) is 0 Å². The Bertz CT molecular complexity index is 1700. The summed E-state index contributed by atoms with van der Waals surface area (Å²) < 4.78 is 76.3. The molecule has 0 radical (unpaired) electrons. The van der Waals surface area contributed by atoms with Crippen LogP contribution in [0.2, 0.25) is 0 Å². The van der Waals surface area contributed by atoms with Gasteiger partial charge in [0.2, 0.25) is 17.7 Å². The zero-order chi connectivity index (χ0) is 32.1. The van der Waals surface area contributed by atoms with E-state index in [1.54, 1.807) is 32.3 Å². The molecule has 7 nitrogen and oxygen atoms in total. The highest BCUT2D eigenvalue weighted by atomic mass is 19.4. The van der Waals surface area contributed by atoms with Crippen molar-refractivity contribution >= 4 is 28.0 Å². The summed E-state index contributed by atoms with van der Waals surface area (Å²) in [5.41, 5.74) is 1.19. The van der Waals surface area contributed by atoms with Crippen LogP contribution in [0.5, 0.6) is 5.88 Å². The summed E-state index contributed by atoms with van der Waals surface area (Å²) >= 11 is 0. The molecule has 1 unspecified atom stereocenters. The molecular weight excluding hydrogens is 593 g/mol. The second kappa shape index (κ2) is 13.6. The molecule has 3 heterocycles. The van der Waals surface area contributed by atoms with E-state index in [-0.39, 0.29) is 34.1 Å². The number of ether oxygens (including phenoxy) is 1. The fourth-order valence-electron chi connectivity index (χ4n) is 5.33. The molecule has 0 aliphatic carbocycles. The number of amides is 1. The predicted octanol–water partition coefficient (Wildman–Crippen LogP) is 6.64. The highest BCUT2D eigenvalue weighted by Crippen LogP contribution is 2.40. The average Bonchev–Trinajstić information content (AvgIpc) is 3.37. The first-order valence-electron chi connectivity index (χ1n) is 14.4. The zero-order valence-corrected chi connectivity index (χ0v) is 24.7. The van der Waals surface area contributed by atoms with Crippen LogP contribution in [-0.2, 0) is 4.79 Å². The summed E-state index contributed by atoms with van der Waals surface area (Å²) in [4.78, 5) is 19.9. The first kappa shape index (κ1) is 31.8. The third kappa shape index (κ3) is 8.13. The highest BCUT2D eigenvalue weighted by Gasteiger charge is 2.32. The van der Waals surface area contributed by atoms with E-state index in [4.69, 9.17) is 4.74 Å². The van der Waals surface area contributed by atoms with Gasteiger partial charge >= 0.3 is 6.18 Å². The molecule has 1 fully saturated rings. The van der Waals surface area contributed by atoms with Crippen molar-refractivity contribution in [3.05, 3.63) is 101 Å². The van der Waals surface area contributed by atoms with E-state index < -0.39 is 24.4 Å². The molecule has 1 saturated heterocycles. The quantitative estimate of drug-likeness (QED) is 0.128. The van der Waals surface area contributed by atoms with Crippen molar-refractivity contribution in [2.24, 2.45) is 0 Å². The Balaban J connectivity index is 1.46. The first-order chi connectivity index (χ1) is 21.5. The molecule has 45 heavy (non-hydrogen) atoms. The molecule has 1 amide bonds. The number of nitrogens with zero attached hydrogens (tertiary/aromatic N) is 4. The topological polar surface area (TPSA) is 74.3 Å². The predicted molar refractivity (Wildman–Crippen MR) is 161 cm³/mol. The van der Waals surface area contributed by atoms with Gasteiger partial charge in [0.05, 0.1) is 17.3 Å². The number of pyridine rings is 1. The third-order valence-corrected chi connectivity index (χ3v) is 7.51. The molecular formula is C33H32F5N5O2. The minimum atomic E-state index is -4.60. The van der Waals surface area contributed by atoms with Crippen LogP contribution in [-0.4, -0.2) is 76.9 Å². The number of H-pyrrole nitrogens is 1. The number of rotatable bonds is 9. The lowest BCUT2D eigenvalue weighted by molar-refractivity contribution is -0.124. The smallest absolute Gasteiger partial charge is 0.393 e. The molecule has 1 atom stereocenters. The maximum Gasteiger partial charge on any atom is 0.393 e. The standard InChI is InChI=1S/C33H32F5N5O2/c1-42(2)30(44)6-4-16-43-15-3-5-25(20-43)45-29-14-10-23(19-39-29)31(22-9-13-28-26(17-22)32(35)41-40-28)27(18-33(36,37)38)21-7-11-24(34)12-8-21/h4,6-14,17,19,25H,3,5,15-16,18,20H2,1-2H3,(H,40,41)/b6-4?,31-27-. The number of likely N-dealkylation sites (N-methyl/N-ethyl adjacent to an activating group) is 1. The highest BCUT2D eigenvalue weighted by molar-refractivity contribution is 6.00.